The van der Waals surface area contributed by atoms with Crippen LogP contribution in [0.3, 0.4) is 0 Å². The fraction of sp³-hybridized carbons (Fsp3) is 0.227. The number of nitriles is 1. The van der Waals surface area contributed by atoms with E-state index in [2.05, 4.69) is 0 Å². The monoisotopic (exact) mass is 429 g/mol. The van der Waals surface area contributed by atoms with E-state index in [1.165, 1.54) is 31.3 Å². The number of anilines is 1. The van der Waals surface area contributed by atoms with Gasteiger partial charge in [-0.15, -0.1) is 0 Å². The molecule has 0 fully saturated rings. The summed E-state index contributed by atoms with van der Waals surface area (Å²) in [5, 5.41) is 8.96. The van der Waals surface area contributed by atoms with E-state index >= 15 is 0 Å². The van der Waals surface area contributed by atoms with Gasteiger partial charge in [-0.2, -0.15) is 18.4 Å². The van der Waals surface area contributed by atoms with Gasteiger partial charge in [0.15, 0.2) is 5.78 Å². The van der Waals surface area contributed by atoms with Crippen molar-refractivity contribution in [1.29, 1.82) is 5.26 Å². The number of alkyl halides is 3. The molecule has 31 heavy (non-hydrogen) atoms. The van der Waals surface area contributed by atoms with Gasteiger partial charge in [-0.1, -0.05) is 12.1 Å². The number of allylic oxidation sites excluding steroid dienone is 1. The first kappa shape index (κ1) is 20.6. The van der Waals surface area contributed by atoms with Gasteiger partial charge in [-0.05, 0) is 36.8 Å². The van der Waals surface area contributed by atoms with Crippen molar-refractivity contribution in [2.45, 2.75) is 25.1 Å². The van der Waals surface area contributed by atoms with E-state index in [0.29, 0.717) is 0 Å². The van der Waals surface area contributed by atoms with Crippen LogP contribution in [0.25, 0.3) is 0 Å². The minimum atomic E-state index is -4.60. The standard InChI is InChI=1S/C22H15F4N3O2/c1-28-20(15-6-5-12(11-27)9-16(15)23)19-17(7-8-18(19)30)29(21(28)31)14-4-2-3-13(10-14)22(24,25)26/h2-6,9-10,20H,7-8H2,1H3. The molecule has 0 aromatic heterocycles. The normalized spacial score (nSPS) is 19.0. The SMILES string of the molecule is CN1C(=O)N(c2cccc(C(F)(F)F)c2)C2=C(C(=O)CC2)C1c1ccc(C#N)cc1F. The summed E-state index contributed by atoms with van der Waals surface area (Å²) in [6, 6.07) is 8.15. The molecule has 2 amide bonds. The van der Waals surface area contributed by atoms with Crippen LogP contribution >= 0.6 is 0 Å². The molecule has 0 radical (unpaired) electrons. The topological polar surface area (TPSA) is 64.4 Å². The molecule has 1 atom stereocenters. The first-order chi connectivity index (χ1) is 14.6. The van der Waals surface area contributed by atoms with Crippen molar-refractivity contribution in [3.8, 4) is 6.07 Å². The molecule has 1 heterocycles. The number of benzene rings is 2. The van der Waals surface area contributed by atoms with Crippen LogP contribution in [0.1, 0.15) is 35.6 Å². The van der Waals surface area contributed by atoms with Gasteiger partial charge in [0.25, 0.3) is 0 Å². The molecule has 0 bridgehead atoms. The Morgan fingerprint density at radius 2 is 1.84 bits per heavy atom. The van der Waals surface area contributed by atoms with E-state index in [1.807, 2.05) is 6.07 Å². The van der Waals surface area contributed by atoms with Crippen LogP contribution in [0, 0.1) is 17.1 Å². The minimum absolute atomic E-state index is 0.0207. The van der Waals surface area contributed by atoms with E-state index in [9.17, 15) is 27.2 Å². The molecule has 4 rings (SSSR count). The number of halogens is 4. The lowest BCUT2D eigenvalue weighted by Gasteiger charge is -2.40. The van der Waals surface area contributed by atoms with Gasteiger partial charge in [-0.3, -0.25) is 9.69 Å². The quantitative estimate of drug-likeness (QED) is 0.635. The number of likely N-dealkylation sites (N-methyl/N-ethyl adjacent to an activating group) is 1. The first-order valence-corrected chi connectivity index (χ1v) is 9.33. The number of hydrogen-bond donors (Lipinski definition) is 0. The second kappa shape index (κ2) is 7.23. The van der Waals surface area contributed by atoms with Gasteiger partial charge in [0.2, 0.25) is 0 Å². The van der Waals surface area contributed by atoms with Crippen LogP contribution in [0.5, 0.6) is 0 Å². The molecule has 2 aromatic carbocycles. The maximum atomic E-state index is 14.7. The van der Waals surface area contributed by atoms with Crippen LogP contribution in [0.4, 0.5) is 28.0 Å². The molecule has 1 aliphatic heterocycles. The maximum absolute atomic E-state index is 14.7. The molecule has 2 aromatic rings. The molecule has 0 spiro atoms. The number of amides is 2. The Balaban J connectivity index is 1.88. The van der Waals surface area contributed by atoms with Gasteiger partial charge in [0.1, 0.15) is 5.82 Å². The van der Waals surface area contributed by atoms with Crippen LogP contribution in [0.2, 0.25) is 0 Å². The van der Waals surface area contributed by atoms with E-state index in [0.717, 1.165) is 28.0 Å². The van der Waals surface area contributed by atoms with Gasteiger partial charge in [-0.25, -0.2) is 9.18 Å². The fourth-order valence-electron chi connectivity index (χ4n) is 4.05. The predicted octanol–water partition coefficient (Wildman–Crippen LogP) is 4.95. The summed E-state index contributed by atoms with van der Waals surface area (Å²) in [5.74, 6) is -1.05. The maximum Gasteiger partial charge on any atom is 0.416 e. The van der Waals surface area contributed by atoms with Crippen LogP contribution in [-0.4, -0.2) is 23.8 Å². The number of carbonyl (C=O) groups excluding carboxylic acids is 2. The summed E-state index contributed by atoms with van der Waals surface area (Å²) < 4.78 is 54.3. The van der Waals surface area contributed by atoms with Crippen molar-refractivity contribution in [2.24, 2.45) is 0 Å². The van der Waals surface area contributed by atoms with Crippen molar-refractivity contribution in [3.05, 3.63) is 76.2 Å². The highest BCUT2D eigenvalue weighted by atomic mass is 19.4. The smallest absolute Gasteiger partial charge is 0.316 e. The summed E-state index contributed by atoms with van der Waals surface area (Å²) in [5.41, 5.74) is -0.381. The number of urea groups is 1. The molecule has 5 nitrogen and oxygen atoms in total. The number of carbonyl (C=O) groups is 2. The number of nitrogens with zero attached hydrogens (tertiary/aromatic N) is 3. The van der Waals surface area contributed by atoms with E-state index in [1.54, 1.807) is 0 Å². The Bertz CT molecular complexity index is 1180. The first-order valence-electron chi connectivity index (χ1n) is 9.33. The molecule has 1 aliphatic carbocycles. The molecule has 9 heteroatoms. The van der Waals surface area contributed by atoms with Crippen LogP contribution < -0.4 is 4.90 Å². The summed E-state index contributed by atoms with van der Waals surface area (Å²) in [4.78, 5) is 28.1. The van der Waals surface area contributed by atoms with Crippen LogP contribution in [-0.2, 0) is 11.0 Å². The minimum Gasteiger partial charge on any atom is -0.316 e. The second-order valence-electron chi connectivity index (χ2n) is 7.31. The van der Waals surface area contributed by atoms with Crippen molar-refractivity contribution in [1.82, 2.24) is 4.90 Å². The molecule has 0 saturated heterocycles. The highest BCUT2D eigenvalue weighted by Gasteiger charge is 2.45. The molecule has 0 N–H and O–H groups in total. The average molecular weight is 429 g/mol. The zero-order valence-electron chi connectivity index (χ0n) is 16.2. The summed E-state index contributed by atoms with van der Waals surface area (Å²) >= 11 is 0. The highest BCUT2D eigenvalue weighted by Crippen LogP contribution is 2.45. The largest absolute Gasteiger partial charge is 0.416 e. The molecule has 0 saturated carbocycles. The summed E-state index contributed by atoms with van der Waals surface area (Å²) in [6.07, 6.45) is -4.38. The van der Waals surface area contributed by atoms with Crippen molar-refractivity contribution in [3.63, 3.8) is 0 Å². The average Bonchev–Trinajstić information content (AvgIpc) is 3.10. The van der Waals surface area contributed by atoms with Gasteiger partial charge >= 0.3 is 12.2 Å². The third kappa shape index (κ3) is 3.34. The molecule has 1 unspecified atom stereocenters. The highest BCUT2D eigenvalue weighted by molar-refractivity contribution is 6.08. The van der Waals surface area contributed by atoms with E-state index in [4.69, 9.17) is 5.26 Å². The van der Waals surface area contributed by atoms with E-state index in [-0.39, 0.29) is 46.7 Å². The zero-order chi connectivity index (χ0) is 22.5. The third-order valence-electron chi connectivity index (χ3n) is 5.48. The zero-order valence-corrected chi connectivity index (χ0v) is 16.2. The fourth-order valence-corrected chi connectivity index (χ4v) is 4.05. The van der Waals surface area contributed by atoms with Crippen molar-refractivity contribution in [2.75, 3.05) is 11.9 Å². The van der Waals surface area contributed by atoms with Gasteiger partial charge < -0.3 is 4.90 Å². The number of Topliss-reactive ketones (excluding diaryl/α,β-unsaturated/α-hetero) is 1. The Morgan fingerprint density at radius 1 is 1.10 bits per heavy atom. The predicted molar refractivity (Wildman–Crippen MR) is 102 cm³/mol. The summed E-state index contributed by atoms with van der Waals surface area (Å²) in [6.45, 7) is 0. The molecular weight excluding hydrogens is 414 g/mol. The lowest BCUT2D eigenvalue weighted by atomic mass is 9.92. The molecular formula is C22H15F4N3O2. The number of hydrogen-bond acceptors (Lipinski definition) is 3. The Labute approximate surface area is 174 Å². The molecule has 2 aliphatic rings. The Kier molecular flexibility index (Phi) is 4.81. The second-order valence-corrected chi connectivity index (χ2v) is 7.31. The number of ketones is 1. The van der Waals surface area contributed by atoms with Gasteiger partial charge in [0.05, 0.1) is 28.9 Å². The van der Waals surface area contributed by atoms with Crippen molar-refractivity contribution < 1.29 is 27.2 Å². The lowest BCUT2D eigenvalue weighted by Crippen LogP contribution is -2.48. The third-order valence-corrected chi connectivity index (χ3v) is 5.48. The van der Waals surface area contributed by atoms with Gasteiger partial charge in [0, 0.05) is 30.3 Å². The Hall–Kier alpha value is -3.67. The van der Waals surface area contributed by atoms with Crippen LogP contribution in [0.15, 0.2) is 53.7 Å². The summed E-state index contributed by atoms with van der Waals surface area (Å²) in [7, 11) is 1.36. The molecule has 158 valence electrons. The number of rotatable bonds is 2. The Morgan fingerprint density at radius 3 is 2.48 bits per heavy atom. The lowest BCUT2D eigenvalue weighted by molar-refractivity contribution is -0.137. The van der Waals surface area contributed by atoms with Crippen molar-refractivity contribution >= 4 is 17.5 Å². The van der Waals surface area contributed by atoms with E-state index < -0.39 is 29.6 Å².